The summed E-state index contributed by atoms with van der Waals surface area (Å²) in [5.41, 5.74) is 0.384. The van der Waals surface area contributed by atoms with E-state index in [1.807, 2.05) is 32.9 Å². The Balaban J connectivity index is 2.06. The molecule has 24 heavy (non-hydrogen) atoms. The van der Waals surface area contributed by atoms with Crippen LogP contribution in [0.1, 0.15) is 39.2 Å². The minimum Gasteiger partial charge on any atom is -0.465 e. The Morgan fingerprint density at radius 3 is 2.46 bits per heavy atom. The number of nitrogens with zero attached hydrogens (tertiary/aromatic N) is 2. The molecule has 0 radical (unpaired) electrons. The van der Waals surface area contributed by atoms with E-state index >= 15 is 0 Å². The Morgan fingerprint density at radius 2 is 1.92 bits per heavy atom. The Hall–Kier alpha value is -1.95. The van der Waals surface area contributed by atoms with Gasteiger partial charge in [-0.1, -0.05) is 11.6 Å². The lowest BCUT2D eigenvalue weighted by Gasteiger charge is -2.49. The zero-order chi connectivity index (χ0) is 17.7. The lowest BCUT2D eigenvalue weighted by molar-refractivity contribution is -0.0398. The minimum atomic E-state index is -0.949. The van der Waals surface area contributed by atoms with Gasteiger partial charge in [-0.15, -0.1) is 0 Å². The summed E-state index contributed by atoms with van der Waals surface area (Å²) in [5.74, 6) is 0. The van der Waals surface area contributed by atoms with E-state index in [0.29, 0.717) is 31.0 Å². The normalized spacial score (nSPS) is 19.9. The maximum absolute atomic E-state index is 12.7. The standard InChI is InChI=1S/C17H21ClN2O4/c1-16(2,3)20-13-5-4-11(18)10-12(13)17(24-15(20)23)6-8-19(9-7-17)14(21)22/h4-5,10H,6-9H2,1-3H3,(H,21,22). The van der Waals surface area contributed by atoms with Gasteiger partial charge in [-0.3, -0.25) is 4.90 Å². The van der Waals surface area contributed by atoms with E-state index in [9.17, 15) is 9.59 Å². The lowest BCUT2D eigenvalue weighted by atomic mass is 9.81. The number of piperidine rings is 1. The molecule has 0 unspecified atom stereocenters. The first-order valence-electron chi connectivity index (χ1n) is 7.95. The largest absolute Gasteiger partial charge is 0.465 e. The topological polar surface area (TPSA) is 70.1 Å². The third kappa shape index (κ3) is 2.69. The third-order valence-electron chi connectivity index (χ3n) is 4.67. The molecule has 130 valence electrons. The molecule has 1 spiro atoms. The van der Waals surface area contributed by atoms with Crippen molar-refractivity contribution in [3.05, 3.63) is 28.8 Å². The number of carbonyl (C=O) groups excluding carboxylic acids is 1. The number of rotatable bonds is 0. The van der Waals surface area contributed by atoms with Crippen LogP contribution in [0.5, 0.6) is 0 Å². The number of amides is 2. The predicted molar refractivity (Wildman–Crippen MR) is 90.7 cm³/mol. The smallest absolute Gasteiger partial charge is 0.415 e. The number of carboxylic acid groups (broad SMARTS) is 1. The average Bonchev–Trinajstić information content (AvgIpc) is 2.47. The molecule has 3 rings (SSSR count). The Labute approximate surface area is 145 Å². The minimum absolute atomic E-state index is 0.323. The van der Waals surface area contributed by atoms with Crippen LogP contribution >= 0.6 is 11.6 Å². The lowest BCUT2D eigenvalue weighted by Crippen LogP contribution is -2.56. The molecule has 0 saturated carbocycles. The maximum Gasteiger partial charge on any atom is 0.415 e. The number of carbonyl (C=O) groups is 2. The molecule has 2 aliphatic rings. The van der Waals surface area contributed by atoms with Crippen LogP contribution in [0, 0.1) is 0 Å². The van der Waals surface area contributed by atoms with Gasteiger partial charge in [-0.2, -0.15) is 0 Å². The molecule has 1 fully saturated rings. The van der Waals surface area contributed by atoms with E-state index < -0.39 is 23.3 Å². The van der Waals surface area contributed by atoms with Crippen molar-refractivity contribution in [2.75, 3.05) is 18.0 Å². The molecule has 1 N–H and O–H groups in total. The number of hydrogen-bond acceptors (Lipinski definition) is 3. The van der Waals surface area contributed by atoms with Crippen molar-refractivity contribution in [2.45, 2.75) is 44.8 Å². The second-order valence-corrected chi connectivity index (χ2v) is 7.74. The predicted octanol–water partition coefficient (Wildman–Crippen LogP) is 4.06. The van der Waals surface area contributed by atoms with Crippen LogP contribution in [0.2, 0.25) is 5.02 Å². The summed E-state index contributed by atoms with van der Waals surface area (Å²) in [5, 5.41) is 9.72. The van der Waals surface area contributed by atoms with Crippen molar-refractivity contribution < 1.29 is 19.4 Å². The molecule has 1 aromatic rings. The average molecular weight is 353 g/mol. The zero-order valence-electron chi connectivity index (χ0n) is 14.0. The zero-order valence-corrected chi connectivity index (χ0v) is 14.8. The molecule has 0 aliphatic carbocycles. The van der Waals surface area contributed by atoms with Crippen molar-refractivity contribution in [2.24, 2.45) is 0 Å². The summed E-state index contributed by atoms with van der Waals surface area (Å²) in [6, 6.07) is 5.44. The number of anilines is 1. The first kappa shape index (κ1) is 16.9. The van der Waals surface area contributed by atoms with E-state index in [4.69, 9.17) is 21.4 Å². The van der Waals surface area contributed by atoms with Gasteiger partial charge in [0.1, 0.15) is 5.60 Å². The monoisotopic (exact) mass is 352 g/mol. The van der Waals surface area contributed by atoms with Crippen LogP contribution in [0.3, 0.4) is 0 Å². The number of fused-ring (bicyclic) bond motifs is 2. The number of halogens is 1. The molecular formula is C17H21ClN2O4. The summed E-state index contributed by atoms with van der Waals surface area (Å²) in [6.45, 7) is 6.47. The molecule has 2 heterocycles. The van der Waals surface area contributed by atoms with E-state index in [2.05, 4.69) is 0 Å². The second-order valence-electron chi connectivity index (χ2n) is 7.30. The summed E-state index contributed by atoms with van der Waals surface area (Å²) in [4.78, 5) is 26.9. The summed E-state index contributed by atoms with van der Waals surface area (Å²) in [7, 11) is 0. The van der Waals surface area contributed by atoms with Crippen molar-refractivity contribution in [1.29, 1.82) is 0 Å². The molecule has 1 saturated heterocycles. The molecule has 0 aromatic heterocycles. The highest BCUT2D eigenvalue weighted by Crippen LogP contribution is 2.48. The SMILES string of the molecule is CC(C)(C)N1C(=O)OC2(CCN(C(=O)O)CC2)c2cc(Cl)ccc21. The first-order chi connectivity index (χ1) is 11.1. The quantitative estimate of drug-likeness (QED) is 0.764. The number of hydrogen-bond donors (Lipinski definition) is 1. The molecule has 7 heteroatoms. The van der Waals surface area contributed by atoms with Gasteiger partial charge in [-0.25, -0.2) is 9.59 Å². The molecule has 0 bridgehead atoms. The molecule has 0 atom stereocenters. The van der Waals surface area contributed by atoms with Gasteiger partial charge < -0.3 is 14.7 Å². The van der Waals surface area contributed by atoms with E-state index in [1.165, 1.54) is 4.90 Å². The number of benzene rings is 1. The van der Waals surface area contributed by atoms with Crippen LogP contribution in [-0.2, 0) is 10.3 Å². The highest BCUT2D eigenvalue weighted by atomic mass is 35.5. The van der Waals surface area contributed by atoms with E-state index in [0.717, 1.165) is 11.3 Å². The van der Waals surface area contributed by atoms with E-state index in [1.54, 1.807) is 11.0 Å². The van der Waals surface area contributed by atoms with Crippen LogP contribution in [-0.4, -0.2) is 40.8 Å². The Bertz CT molecular complexity index is 690. The molecular weight excluding hydrogens is 332 g/mol. The third-order valence-corrected chi connectivity index (χ3v) is 4.90. The van der Waals surface area contributed by atoms with Gasteiger partial charge in [0.15, 0.2) is 0 Å². The summed E-state index contributed by atoms with van der Waals surface area (Å²) >= 11 is 6.19. The van der Waals surface area contributed by atoms with Crippen molar-refractivity contribution >= 4 is 29.5 Å². The molecule has 2 aliphatic heterocycles. The van der Waals surface area contributed by atoms with E-state index in [-0.39, 0.29) is 0 Å². The van der Waals surface area contributed by atoms with Crippen LogP contribution < -0.4 is 4.90 Å². The van der Waals surface area contributed by atoms with Gasteiger partial charge in [-0.05, 0) is 39.0 Å². The first-order valence-corrected chi connectivity index (χ1v) is 8.33. The fourth-order valence-corrected chi connectivity index (χ4v) is 3.67. The molecule has 6 nitrogen and oxygen atoms in total. The molecule has 2 amide bonds. The van der Waals surface area contributed by atoms with Crippen LogP contribution in [0.15, 0.2) is 18.2 Å². The summed E-state index contributed by atoms with van der Waals surface area (Å²) < 4.78 is 5.87. The highest BCUT2D eigenvalue weighted by Gasteiger charge is 2.49. The maximum atomic E-state index is 12.7. The Morgan fingerprint density at radius 1 is 1.29 bits per heavy atom. The second kappa shape index (κ2) is 5.55. The van der Waals surface area contributed by atoms with Gasteiger partial charge in [0.25, 0.3) is 0 Å². The van der Waals surface area contributed by atoms with Gasteiger partial charge in [0.2, 0.25) is 0 Å². The fourth-order valence-electron chi connectivity index (χ4n) is 3.50. The van der Waals surface area contributed by atoms with Crippen LogP contribution in [0.25, 0.3) is 0 Å². The molecule has 1 aromatic carbocycles. The summed E-state index contributed by atoms with van der Waals surface area (Å²) in [6.07, 6.45) is -0.497. The van der Waals surface area contributed by atoms with Gasteiger partial charge in [0.05, 0.1) is 5.69 Å². The van der Waals surface area contributed by atoms with Crippen molar-refractivity contribution in [3.8, 4) is 0 Å². The fraction of sp³-hybridized carbons (Fsp3) is 0.529. The number of ether oxygens (including phenoxy) is 1. The van der Waals surface area contributed by atoms with Gasteiger partial charge in [0, 0.05) is 42.1 Å². The van der Waals surface area contributed by atoms with Gasteiger partial charge >= 0.3 is 12.2 Å². The Kier molecular flexibility index (Phi) is 3.91. The highest BCUT2D eigenvalue weighted by molar-refractivity contribution is 6.30. The van der Waals surface area contributed by atoms with Crippen molar-refractivity contribution in [1.82, 2.24) is 4.90 Å². The number of likely N-dealkylation sites (tertiary alicyclic amines) is 1. The van der Waals surface area contributed by atoms with Crippen LogP contribution in [0.4, 0.5) is 15.3 Å². The van der Waals surface area contributed by atoms with Crippen molar-refractivity contribution in [3.63, 3.8) is 0 Å².